The first kappa shape index (κ1) is 27.9. The number of nitrogens with zero attached hydrogens (tertiary/aromatic N) is 2. The molecule has 0 spiro atoms. The highest BCUT2D eigenvalue weighted by molar-refractivity contribution is 7.17. The molecule has 0 unspecified atom stereocenters. The fraction of sp³-hybridized carbons (Fsp3) is 0.375. The molecular formula is C32H38N4O3S. The number of nitrogens with one attached hydrogen (secondary N) is 2. The Morgan fingerprint density at radius 1 is 0.975 bits per heavy atom. The van der Waals surface area contributed by atoms with Crippen LogP contribution in [0.1, 0.15) is 53.4 Å². The summed E-state index contributed by atoms with van der Waals surface area (Å²) in [6.07, 6.45) is 2.30. The van der Waals surface area contributed by atoms with Crippen LogP contribution in [0.5, 0.6) is 5.75 Å². The van der Waals surface area contributed by atoms with Gasteiger partial charge in [-0.3, -0.25) is 9.59 Å². The minimum Gasteiger partial charge on any atom is -0.497 e. The first-order chi connectivity index (χ1) is 19.6. The Morgan fingerprint density at radius 2 is 1.73 bits per heavy atom. The van der Waals surface area contributed by atoms with Crippen molar-refractivity contribution < 1.29 is 14.3 Å². The number of likely N-dealkylation sites (tertiary alicyclic amines) is 1. The van der Waals surface area contributed by atoms with E-state index in [1.807, 2.05) is 35.2 Å². The van der Waals surface area contributed by atoms with Gasteiger partial charge in [-0.05, 0) is 54.0 Å². The summed E-state index contributed by atoms with van der Waals surface area (Å²) in [7, 11) is 1.66. The molecule has 2 aromatic heterocycles. The molecule has 0 radical (unpaired) electrons. The van der Waals surface area contributed by atoms with E-state index in [4.69, 9.17) is 4.74 Å². The molecule has 2 amide bonds. The zero-order chi connectivity index (χ0) is 27.9. The zero-order valence-corrected chi connectivity index (χ0v) is 24.1. The van der Waals surface area contributed by atoms with E-state index >= 15 is 0 Å². The molecule has 0 saturated carbocycles. The van der Waals surface area contributed by atoms with Gasteiger partial charge in [-0.1, -0.05) is 49.4 Å². The highest BCUT2D eigenvalue weighted by Gasteiger charge is 2.32. The zero-order valence-electron chi connectivity index (χ0n) is 23.3. The third-order valence-electron chi connectivity index (χ3n) is 7.64. The van der Waals surface area contributed by atoms with Gasteiger partial charge in [0.05, 0.1) is 17.3 Å². The molecular weight excluding hydrogens is 520 g/mol. The van der Waals surface area contributed by atoms with Crippen molar-refractivity contribution >= 4 is 33.4 Å². The predicted molar refractivity (Wildman–Crippen MR) is 161 cm³/mol. The van der Waals surface area contributed by atoms with E-state index in [-0.39, 0.29) is 17.7 Å². The summed E-state index contributed by atoms with van der Waals surface area (Å²) in [5.74, 6) is 0.936. The molecule has 5 rings (SSSR count). The summed E-state index contributed by atoms with van der Waals surface area (Å²) in [6.45, 7) is 5.84. The third kappa shape index (κ3) is 6.24. The maximum Gasteiger partial charge on any atom is 0.270 e. The number of ether oxygens (including phenoxy) is 1. The highest BCUT2D eigenvalue weighted by atomic mass is 32.1. The molecule has 40 heavy (non-hydrogen) atoms. The largest absolute Gasteiger partial charge is 0.497 e. The average Bonchev–Trinajstić information content (AvgIpc) is 3.59. The molecule has 1 aliphatic heterocycles. The summed E-state index contributed by atoms with van der Waals surface area (Å²) in [5, 5.41) is 8.71. The first-order valence-electron chi connectivity index (χ1n) is 14.1. The van der Waals surface area contributed by atoms with E-state index in [1.165, 1.54) is 5.56 Å². The molecule has 0 aliphatic carbocycles. The van der Waals surface area contributed by atoms with Crippen LogP contribution in [0.2, 0.25) is 0 Å². The van der Waals surface area contributed by atoms with Crippen molar-refractivity contribution in [3.05, 3.63) is 88.4 Å². The molecule has 1 aliphatic rings. The van der Waals surface area contributed by atoms with Crippen LogP contribution in [-0.2, 0) is 24.4 Å². The van der Waals surface area contributed by atoms with Gasteiger partial charge in [-0.15, -0.1) is 11.3 Å². The molecule has 8 heteroatoms. The van der Waals surface area contributed by atoms with E-state index < -0.39 is 0 Å². The van der Waals surface area contributed by atoms with Crippen molar-refractivity contribution in [2.75, 3.05) is 26.7 Å². The molecule has 4 aromatic rings. The SMILES string of the molecule is CCCNC(=O)C1CCN(C(=O)c2c(CNCc3ccccc3)c3sccc3n2Cc2ccc(OC)cc2)CC1. The summed E-state index contributed by atoms with van der Waals surface area (Å²) in [4.78, 5) is 28.7. The standard InChI is InChI=1S/C32H38N4O3S/c1-3-16-34-31(37)25-13-17-35(18-14-25)32(38)29-27(21-33-20-23-7-5-4-6-8-23)30-28(15-19-40-30)36(29)22-24-9-11-26(39-2)12-10-24/h4-12,15,19,25,33H,3,13-14,16-18,20-22H2,1-2H3,(H,34,37). The van der Waals surface area contributed by atoms with Crippen molar-refractivity contribution in [3.63, 3.8) is 0 Å². The molecule has 2 N–H and O–H groups in total. The van der Waals surface area contributed by atoms with E-state index in [2.05, 4.69) is 57.8 Å². The second-order valence-electron chi connectivity index (χ2n) is 10.3. The van der Waals surface area contributed by atoms with Gasteiger partial charge < -0.3 is 24.8 Å². The minimum absolute atomic E-state index is 0.0304. The van der Waals surface area contributed by atoms with Gasteiger partial charge in [0, 0.05) is 50.7 Å². The second kappa shape index (κ2) is 13.2. The smallest absolute Gasteiger partial charge is 0.270 e. The Bertz CT molecular complexity index is 1420. The lowest BCUT2D eigenvalue weighted by Crippen LogP contribution is -2.44. The summed E-state index contributed by atoms with van der Waals surface area (Å²) >= 11 is 1.68. The number of benzene rings is 2. The van der Waals surface area contributed by atoms with Gasteiger partial charge in [0.25, 0.3) is 5.91 Å². The van der Waals surface area contributed by atoms with Gasteiger partial charge in [-0.2, -0.15) is 0 Å². The Balaban J connectivity index is 1.42. The number of methoxy groups -OCH3 is 1. The van der Waals surface area contributed by atoms with Crippen LogP contribution in [0.3, 0.4) is 0 Å². The van der Waals surface area contributed by atoms with Crippen LogP contribution < -0.4 is 15.4 Å². The number of aromatic nitrogens is 1. The molecule has 1 saturated heterocycles. The Kier molecular flexibility index (Phi) is 9.19. The number of amides is 2. The Hall–Kier alpha value is -3.62. The molecule has 1 fully saturated rings. The van der Waals surface area contributed by atoms with Gasteiger partial charge >= 0.3 is 0 Å². The number of hydrogen-bond donors (Lipinski definition) is 2. The van der Waals surface area contributed by atoms with Crippen LogP contribution in [0.25, 0.3) is 10.2 Å². The van der Waals surface area contributed by atoms with E-state index in [9.17, 15) is 9.59 Å². The van der Waals surface area contributed by atoms with Gasteiger partial charge in [0.1, 0.15) is 11.4 Å². The number of hydrogen-bond acceptors (Lipinski definition) is 5. The van der Waals surface area contributed by atoms with Crippen LogP contribution in [-0.4, -0.2) is 48.0 Å². The third-order valence-corrected chi connectivity index (χ3v) is 8.61. The van der Waals surface area contributed by atoms with Crippen LogP contribution >= 0.6 is 11.3 Å². The maximum atomic E-state index is 14.2. The predicted octanol–water partition coefficient (Wildman–Crippen LogP) is 5.43. The number of carbonyl (C=O) groups excluding carboxylic acids is 2. The Labute approximate surface area is 240 Å². The van der Waals surface area contributed by atoms with Crippen LogP contribution in [0.15, 0.2) is 66.0 Å². The number of rotatable bonds is 11. The molecule has 7 nitrogen and oxygen atoms in total. The molecule has 0 atom stereocenters. The van der Waals surface area contributed by atoms with Crippen LogP contribution in [0.4, 0.5) is 0 Å². The lowest BCUT2D eigenvalue weighted by Gasteiger charge is -2.32. The van der Waals surface area contributed by atoms with Gasteiger partial charge in [-0.25, -0.2) is 0 Å². The number of piperidine rings is 1. The van der Waals surface area contributed by atoms with E-state index in [1.54, 1.807) is 18.4 Å². The van der Waals surface area contributed by atoms with Gasteiger partial charge in [0.15, 0.2) is 0 Å². The second-order valence-corrected chi connectivity index (χ2v) is 11.3. The fourth-order valence-electron chi connectivity index (χ4n) is 5.43. The van der Waals surface area contributed by atoms with E-state index in [0.29, 0.717) is 45.6 Å². The fourth-order valence-corrected chi connectivity index (χ4v) is 6.38. The van der Waals surface area contributed by atoms with E-state index in [0.717, 1.165) is 45.8 Å². The maximum absolute atomic E-state index is 14.2. The number of fused-ring (bicyclic) bond motifs is 1. The van der Waals surface area contributed by atoms with Crippen LogP contribution in [0, 0.1) is 5.92 Å². The van der Waals surface area contributed by atoms with Crippen molar-refractivity contribution in [1.82, 2.24) is 20.1 Å². The summed E-state index contributed by atoms with van der Waals surface area (Å²) in [6, 6.07) is 20.5. The van der Waals surface area contributed by atoms with Crippen molar-refractivity contribution in [2.45, 2.75) is 45.8 Å². The quantitative estimate of drug-likeness (QED) is 0.258. The van der Waals surface area contributed by atoms with Crippen molar-refractivity contribution in [1.29, 1.82) is 0 Å². The normalized spacial score (nSPS) is 14.0. The first-order valence-corrected chi connectivity index (χ1v) is 15.0. The molecule has 210 valence electrons. The van der Waals surface area contributed by atoms with Crippen molar-refractivity contribution in [3.8, 4) is 5.75 Å². The molecule has 3 heterocycles. The summed E-state index contributed by atoms with van der Waals surface area (Å²) in [5.41, 5.74) is 5.18. The number of carbonyl (C=O) groups is 2. The van der Waals surface area contributed by atoms with Crippen molar-refractivity contribution in [2.24, 2.45) is 5.92 Å². The highest BCUT2D eigenvalue weighted by Crippen LogP contribution is 2.33. The number of thiophene rings is 1. The monoisotopic (exact) mass is 558 g/mol. The van der Waals surface area contributed by atoms with Gasteiger partial charge in [0.2, 0.25) is 5.91 Å². The lowest BCUT2D eigenvalue weighted by atomic mass is 9.95. The topological polar surface area (TPSA) is 75.6 Å². The average molecular weight is 559 g/mol. The molecule has 0 bridgehead atoms. The molecule has 2 aromatic carbocycles. The lowest BCUT2D eigenvalue weighted by molar-refractivity contribution is -0.126. The summed E-state index contributed by atoms with van der Waals surface area (Å²) < 4.78 is 8.67. The minimum atomic E-state index is -0.0304. The Morgan fingerprint density at radius 3 is 2.42 bits per heavy atom.